The molecule has 2 N–H and O–H groups in total. The Kier molecular flexibility index (Phi) is 6.52. The van der Waals surface area contributed by atoms with Crippen LogP contribution in [0.2, 0.25) is 0 Å². The Morgan fingerprint density at radius 2 is 2.26 bits per heavy atom. The van der Waals surface area contributed by atoms with E-state index in [1.54, 1.807) is 24.3 Å². The molecule has 0 aromatic heterocycles. The SMILES string of the molecule is COCCNS(=O)(=O)Cc1cccc(NC(=O)C2CCCO2)c1. The molecule has 0 spiro atoms. The van der Waals surface area contributed by atoms with Crippen LogP contribution in [0.25, 0.3) is 0 Å². The Balaban J connectivity index is 1.95. The summed E-state index contributed by atoms with van der Waals surface area (Å²) in [4.78, 5) is 12.0. The number of anilines is 1. The molecule has 1 saturated heterocycles. The molecular weight excluding hydrogens is 320 g/mol. The molecule has 0 saturated carbocycles. The van der Waals surface area contributed by atoms with Gasteiger partial charge in [-0.25, -0.2) is 13.1 Å². The Bertz CT molecular complexity index is 627. The molecule has 1 amide bonds. The van der Waals surface area contributed by atoms with Crippen LogP contribution in [0.1, 0.15) is 18.4 Å². The number of rotatable bonds is 8. The van der Waals surface area contributed by atoms with Crippen molar-refractivity contribution in [3.63, 3.8) is 0 Å². The van der Waals surface area contributed by atoms with Gasteiger partial charge in [-0.05, 0) is 30.5 Å². The third-order valence-corrected chi connectivity index (χ3v) is 4.76. The van der Waals surface area contributed by atoms with Gasteiger partial charge in [-0.3, -0.25) is 4.79 Å². The second kappa shape index (κ2) is 8.39. The van der Waals surface area contributed by atoms with Gasteiger partial charge in [0.05, 0.1) is 12.4 Å². The molecule has 7 nitrogen and oxygen atoms in total. The number of amides is 1. The van der Waals surface area contributed by atoms with E-state index in [2.05, 4.69) is 10.0 Å². The van der Waals surface area contributed by atoms with Crippen LogP contribution in [0.4, 0.5) is 5.69 Å². The van der Waals surface area contributed by atoms with Gasteiger partial charge in [-0.1, -0.05) is 12.1 Å². The quantitative estimate of drug-likeness (QED) is 0.684. The molecular formula is C15H22N2O5S. The molecule has 128 valence electrons. The first-order valence-electron chi connectivity index (χ1n) is 7.48. The minimum absolute atomic E-state index is 0.152. The molecule has 1 aromatic rings. The lowest BCUT2D eigenvalue weighted by molar-refractivity contribution is -0.124. The molecule has 1 aliphatic heterocycles. The average molecular weight is 342 g/mol. The van der Waals surface area contributed by atoms with Crippen LogP contribution >= 0.6 is 0 Å². The lowest BCUT2D eigenvalue weighted by Gasteiger charge is -2.12. The summed E-state index contributed by atoms with van der Waals surface area (Å²) in [5.74, 6) is -0.346. The van der Waals surface area contributed by atoms with Gasteiger partial charge in [-0.15, -0.1) is 0 Å². The Labute approximate surface area is 136 Å². The maximum atomic E-state index is 12.0. The molecule has 0 aliphatic carbocycles. The molecule has 23 heavy (non-hydrogen) atoms. The molecule has 1 unspecified atom stereocenters. The van der Waals surface area contributed by atoms with Crippen molar-refractivity contribution >= 4 is 21.6 Å². The summed E-state index contributed by atoms with van der Waals surface area (Å²) in [6.45, 7) is 1.15. The summed E-state index contributed by atoms with van der Waals surface area (Å²) in [5.41, 5.74) is 1.16. The highest BCUT2D eigenvalue weighted by Crippen LogP contribution is 2.17. The zero-order chi connectivity index (χ0) is 16.7. The highest BCUT2D eigenvalue weighted by molar-refractivity contribution is 7.88. The number of hydrogen-bond acceptors (Lipinski definition) is 5. The molecule has 1 atom stereocenters. The molecule has 0 radical (unpaired) electrons. The number of ether oxygens (including phenoxy) is 2. The lowest BCUT2D eigenvalue weighted by Crippen LogP contribution is -2.28. The summed E-state index contributed by atoms with van der Waals surface area (Å²) in [6.07, 6.45) is 1.17. The number of benzene rings is 1. The second-order valence-corrected chi connectivity index (χ2v) is 7.14. The monoisotopic (exact) mass is 342 g/mol. The van der Waals surface area contributed by atoms with Gasteiger partial charge < -0.3 is 14.8 Å². The van der Waals surface area contributed by atoms with E-state index >= 15 is 0 Å². The van der Waals surface area contributed by atoms with E-state index in [0.29, 0.717) is 30.9 Å². The van der Waals surface area contributed by atoms with Crippen molar-refractivity contribution in [1.29, 1.82) is 0 Å². The van der Waals surface area contributed by atoms with Gasteiger partial charge in [0.2, 0.25) is 10.0 Å². The van der Waals surface area contributed by atoms with Crippen molar-refractivity contribution in [2.24, 2.45) is 0 Å². The van der Waals surface area contributed by atoms with E-state index in [1.807, 2.05) is 0 Å². The third-order valence-electron chi connectivity index (χ3n) is 3.40. The Morgan fingerprint density at radius 1 is 1.43 bits per heavy atom. The first-order chi connectivity index (χ1) is 11.0. The van der Waals surface area contributed by atoms with Gasteiger partial charge >= 0.3 is 0 Å². The average Bonchev–Trinajstić information content (AvgIpc) is 3.01. The van der Waals surface area contributed by atoms with Crippen LogP contribution in [0.15, 0.2) is 24.3 Å². The van der Waals surface area contributed by atoms with Crippen molar-refractivity contribution < 1.29 is 22.7 Å². The topological polar surface area (TPSA) is 93.7 Å². The summed E-state index contributed by atoms with van der Waals surface area (Å²) in [7, 11) is -1.93. The number of nitrogens with one attached hydrogen (secondary N) is 2. The van der Waals surface area contributed by atoms with Crippen LogP contribution in [0.3, 0.4) is 0 Å². The van der Waals surface area contributed by atoms with Gasteiger partial charge in [-0.2, -0.15) is 0 Å². The van der Waals surface area contributed by atoms with E-state index in [-0.39, 0.29) is 18.2 Å². The summed E-state index contributed by atoms with van der Waals surface area (Å²) >= 11 is 0. The molecule has 1 fully saturated rings. The number of sulfonamides is 1. The van der Waals surface area contributed by atoms with E-state index in [1.165, 1.54) is 7.11 Å². The largest absolute Gasteiger partial charge is 0.383 e. The van der Waals surface area contributed by atoms with Gasteiger partial charge in [0, 0.05) is 25.9 Å². The first kappa shape index (κ1) is 17.9. The normalized spacial score (nSPS) is 18.0. The molecule has 1 heterocycles. The van der Waals surface area contributed by atoms with Gasteiger partial charge in [0.15, 0.2) is 0 Å². The number of carbonyl (C=O) groups is 1. The first-order valence-corrected chi connectivity index (χ1v) is 9.13. The van der Waals surface area contributed by atoms with Crippen molar-refractivity contribution in [3.8, 4) is 0 Å². The second-order valence-electron chi connectivity index (χ2n) is 5.34. The zero-order valence-corrected chi connectivity index (χ0v) is 13.9. The minimum atomic E-state index is -3.44. The van der Waals surface area contributed by atoms with E-state index < -0.39 is 16.1 Å². The van der Waals surface area contributed by atoms with Crippen molar-refractivity contribution in [2.75, 3.05) is 32.2 Å². The molecule has 2 rings (SSSR count). The van der Waals surface area contributed by atoms with E-state index in [4.69, 9.17) is 9.47 Å². The van der Waals surface area contributed by atoms with Gasteiger partial charge in [0.25, 0.3) is 5.91 Å². The fourth-order valence-corrected chi connectivity index (χ4v) is 3.43. The van der Waals surface area contributed by atoms with Crippen LogP contribution in [-0.4, -0.2) is 47.3 Å². The van der Waals surface area contributed by atoms with Crippen LogP contribution < -0.4 is 10.0 Å². The van der Waals surface area contributed by atoms with Gasteiger partial charge in [0.1, 0.15) is 6.10 Å². The van der Waals surface area contributed by atoms with E-state index in [0.717, 1.165) is 6.42 Å². The van der Waals surface area contributed by atoms with E-state index in [9.17, 15) is 13.2 Å². The number of carbonyl (C=O) groups excluding carboxylic acids is 1. The summed E-state index contributed by atoms with van der Waals surface area (Å²) in [5, 5.41) is 2.76. The lowest BCUT2D eigenvalue weighted by atomic mass is 10.2. The predicted octanol–water partition coefficient (Wildman–Crippen LogP) is 0.870. The minimum Gasteiger partial charge on any atom is -0.383 e. The van der Waals surface area contributed by atoms with Crippen LogP contribution in [-0.2, 0) is 30.0 Å². The zero-order valence-electron chi connectivity index (χ0n) is 13.1. The molecule has 0 bridgehead atoms. The smallest absolute Gasteiger partial charge is 0.253 e. The summed E-state index contributed by atoms with van der Waals surface area (Å²) in [6, 6.07) is 6.80. The fraction of sp³-hybridized carbons (Fsp3) is 0.533. The van der Waals surface area contributed by atoms with Crippen molar-refractivity contribution in [2.45, 2.75) is 24.7 Å². The van der Waals surface area contributed by atoms with Crippen LogP contribution in [0, 0.1) is 0 Å². The Morgan fingerprint density at radius 3 is 2.96 bits per heavy atom. The van der Waals surface area contributed by atoms with Crippen LogP contribution in [0.5, 0.6) is 0 Å². The predicted molar refractivity (Wildman–Crippen MR) is 86.5 cm³/mol. The number of methoxy groups -OCH3 is 1. The highest BCUT2D eigenvalue weighted by Gasteiger charge is 2.23. The molecule has 8 heteroatoms. The third kappa shape index (κ3) is 5.91. The van der Waals surface area contributed by atoms with Crippen molar-refractivity contribution in [3.05, 3.63) is 29.8 Å². The maximum absolute atomic E-state index is 12.0. The molecule has 1 aliphatic rings. The summed E-state index contributed by atoms with van der Waals surface area (Å²) < 4.78 is 36.5. The van der Waals surface area contributed by atoms with Crippen molar-refractivity contribution in [1.82, 2.24) is 4.72 Å². The number of hydrogen-bond donors (Lipinski definition) is 2. The fourth-order valence-electron chi connectivity index (χ4n) is 2.32. The maximum Gasteiger partial charge on any atom is 0.253 e. The highest BCUT2D eigenvalue weighted by atomic mass is 32.2. The molecule has 1 aromatic carbocycles. The Hall–Kier alpha value is -1.48. The standard InChI is InChI=1S/C15H22N2O5S/c1-21-9-7-16-23(19,20)11-12-4-2-5-13(10-12)17-15(18)14-6-3-8-22-14/h2,4-5,10,14,16H,3,6-9,11H2,1H3,(H,17,18).